The highest BCUT2D eigenvalue weighted by atomic mass is 16.5. The maximum atomic E-state index is 5.60. The van der Waals surface area contributed by atoms with Crippen LogP contribution in [0, 0.1) is 13.8 Å². The summed E-state index contributed by atoms with van der Waals surface area (Å²) in [4.78, 5) is 0. The molecule has 2 heteroatoms. The van der Waals surface area contributed by atoms with Gasteiger partial charge in [-0.1, -0.05) is 25.1 Å². The van der Waals surface area contributed by atoms with Crippen LogP contribution in [0.15, 0.2) is 18.2 Å². The summed E-state index contributed by atoms with van der Waals surface area (Å²) in [6, 6.07) is 6.92. The molecule has 1 aromatic rings. The van der Waals surface area contributed by atoms with Gasteiger partial charge in [-0.25, -0.2) is 0 Å². The quantitative estimate of drug-likeness (QED) is 0.797. The van der Waals surface area contributed by atoms with Crippen LogP contribution in [-0.4, -0.2) is 19.3 Å². The number of rotatable bonds is 7. The summed E-state index contributed by atoms with van der Waals surface area (Å²) in [6.07, 6.45) is 2.13. The van der Waals surface area contributed by atoms with Gasteiger partial charge in [0.1, 0.15) is 0 Å². The fourth-order valence-corrected chi connectivity index (χ4v) is 2.34. The van der Waals surface area contributed by atoms with E-state index in [0.29, 0.717) is 6.04 Å². The lowest BCUT2D eigenvalue weighted by Gasteiger charge is -2.30. The lowest BCUT2D eigenvalue weighted by Crippen LogP contribution is -2.32. The number of ether oxygens (including phenoxy) is 1. The highest BCUT2D eigenvalue weighted by Crippen LogP contribution is 2.29. The molecule has 19 heavy (non-hydrogen) atoms. The number of benzene rings is 1. The van der Waals surface area contributed by atoms with Crippen molar-refractivity contribution in [3.05, 3.63) is 34.9 Å². The van der Waals surface area contributed by atoms with Crippen molar-refractivity contribution in [3.8, 4) is 0 Å². The third-order valence-corrected chi connectivity index (χ3v) is 3.91. The normalized spacial score (nSPS) is 13.6. The maximum Gasteiger partial charge on any atom is 0.0640 e. The van der Waals surface area contributed by atoms with Gasteiger partial charge in [-0.05, 0) is 63.8 Å². The summed E-state index contributed by atoms with van der Waals surface area (Å²) in [5.41, 5.74) is 4.04. The zero-order chi connectivity index (χ0) is 14.5. The van der Waals surface area contributed by atoms with E-state index in [4.69, 9.17) is 4.74 Å². The van der Waals surface area contributed by atoms with Crippen LogP contribution in [0.2, 0.25) is 0 Å². The molecule has 108 valence electrons. The van der Waals surface area contributed by atoms with Gasteiger partial charge < -0.3 is 10.1 Å². The lowest BCUT2D eigenvalue weighted by atomic mass is 9.89. The van der Waals surface area contributed by atoms with E-state index in [1.165, 1.54) is 16.7 Å². The molecule has 0 radical (unpaired) electrons. The Morgan fingerprint density at radius 1 is 1.26 bits per heavy atom. The molecule has 0 aliphatic heterocycles. The zero-order valence-electron chi connectivity index (χ0n) is 13.3. The molecule has 0 aliphatic rings. The van der Waals surface area contributed by atoms with E-state index < -0.39 is 0 Å². The SMILES string of the molecule is CCCNC(CC(C)(C)OC)c1cccc(C)c1C. The van der Waals surface area contributed by atoms with Gasteiger partial charge in [-0.2, -0.15) is 0 Å². The second kappa shape index (κ2) is 7.06. The molecule has 1 aromatic carbocycles. The first kappa shape index (κ1) is 16.2. The molecule has 0 heterocycles. The van der Waals surface area contributed by atoms with Crippen LogP contribution in [-0.2, 0) is 4.74 Å². The molecule has 0 saturated carbocycles. The molecule has 2 nitrogen and oxygen atoms in total. The summed E-state index contributed by atoms with van der Waals surface area (Å²) in [5, 5.41) is 3.66. The number of hydrogen-bond donors (Lipinski definition) is 1. The van der Waals surface area contributed by atoms with Gasteiger partial charge in [0.05, 0.1) is 5.60 Å². The van der Waals surface area contributed by atoms with Gasteiger partial charge in [0.25, 0.3) is 0 Å². The highest BCUT2D eigenvalue weighted by Gasteiger charge is 2.24. The second-order valence-corrected chi connectivity index (χ2v) is 5.96. The zero-order valence-corrected chi connectivity index (χ0v) is 13.3. The Morgan fingerprint density at radius 3 is 2.53 bits per heavy atom. The standard InChI is InChI=1S/C17H29NO/c1-7-11-18-16(12-17(4,5)19-6)15-10-8-9-13(2)14(15)3/h8-10,16,18H,7,11-12H2,1-6H3. The monoisotopic (exact) mass is 263 g/mol. The second-order valence-electron chi connectivity index (χ2n) is 5.96. The molecule has 0 aromatic heterocycles. The molecule has 0 aliphatic carbocycles. The predicted molar refractivity (Wildman–Crippen MR) is 82.7 cm³/mol. The lowest BCUT2D eigenvalue weighted by molar-refractivity contribution is 0.00680. The molecular formula is C17H29NO. The van der Waals surface area contributed by atoms with Crippen molar-refractivity contribution in [2.45, 2.75) is 59.1 Å². The fraction of sp³-hybridized carbons (Fsp3) is 0.647. The number of methoxy groups -OCH3 is 1. The van der Waals surface area contributed by atoms with Crippen molar-refractivity contribution < 1.29 is 4.74 Å². The first-order valence-corrected chi connectivity index (χ1v) is 7.26. The first-order chi connectivity index (χ1) is 8.91. The third-order valence-electron chi connectivity index (χ3n) is 3.91. The van der Waals surface area contributed by atoms with E-state index in [9.17, 15) is 0 Å². The van der Waals surface area contributed by atoms with E-state index in [-0.39, 0.29) is 5.60 Å². The Balaban J connectivity index is 2.99. The molecule has 1 N–H and O–H groups in total. The van der Waals surface area contributed by atoms with Crippen LogP contribution < -0.4 is 5.32 Å². The van der Waals surface area contributed by atoms with Crippen LogP contribution in [0.4, 0.5) is 0 Å². The minimum Gasteiger partial charge on any atom is -0.379 e. The van der Waals surface area contributed by atoms with E-state index >= 15 is 0 Å². The van der Waals surface area contributed by atoms with E-state index in [2.05, 4.69) is 58.1 Å². The average molecular weight is 263 g/mol. The Hall–Kier alpha value is -0.860. The molecule has 0 bridgehead atoms. The molecule has 0 saturated heterocycles. The predicted octanol–water partition coefficient (Wildman–Crippen LogP) is 4.16. The Labute approximate surface area is 118 Å². The third kappa shape index (κ3) is 4.63. The maximum absolute atomic E-state index is 5.60. The fourth-order valence-electron chi connectivity index (χ4n) is 2.34. The molecule has 0 fully saturated rings. The summed E-state index contributed by atoms with van der Waals surface area (Å²) in [7, 11) is 1.79. The van der Waals surface area contributed by atoms with Crippen LogP contribution in [0.25, 0.3) is 0 Å². The van der Waals surface area contributed by atoms with Crippen molar-refractivity contribution in [1.29, 1.82) is 0 Å². The summed E-state index contributed by atoms with van der Waals surface area (Å²) in [6.45, 7) is 11.9. The molecular weight excluding hydrogens is 234 g/mol. The topological polar surface area (TPSA) is 21.3 Å². The van der Waals surface area contributed by atoms with Crippen molar-refractivity contribution in [2.75, 3.05) is 13.7 Å². The van der Waals surface area contributed by atoms with Crippen LogP contribution in [0.1, 0.15) is 56.3 Å². The largest absolute Gasteiger partial charge is 0.379 e. The minimum absolute atomic E-state index is 0.110. The molecule has 0 amide bonds. The van der Waals surface area contributed by atoms with Crippen LogP contribution >= 0.6 is 0 Å². The highest BCUT2D eigenvalue weighted by molar-refractivity contribution is 5.35. The Kier molecular flexibility index (Phi) is 6.02. The van der Waals surface area contributed by atoms with Gasteiger partial charge in [0.2, 0.25) is 0 Å². The Bertz CT molecular complexity index is 398. The van der Waals surface area contributed by atoms with Gasteiger partial charge in [0, 0.05) is 13.2 Å². The van der Waals surface area contributed by atoms with E-state index in [1.54, 1.807) is 7.11 Å². The molecule has 0 spiro atoms. The van der Waals surface area contributed by atoms with Crippen LogP contribution in [0.5, 0.6) is 0 Å². The van der Waals surface area contributed by atoms with Crippen molar-refractivity contribution >= 4 is 0 Å². The molecule has 1 unspecified atom stereocenters. The van der Waals surface area contributed by atoms with E-state index in [0.717, 1.165) is 19.4 Å². The number of nitrogens with one attached hydrogen (secondary N) is 1. The summed E-state index contributed by atoms with van der Waals surface area (Å²) in [5.74, 6) is 0. The van der Waals surface area contributed by atoms with Crippen LogP contribution in [0.3, 0.4) is 0 Å². The average Bonchev–Trinajstić information content (AvgIpc) is 2.38. The summed E-state index contributed by atoms with van der Waals surface area (Å²) >= 11 is 0. The number of hydrogen-bond acceptors (Lipinski definition) is 2. The molecule has 1 atom stereocenters. The van der Waals surface area contributed by atoms with Crippen molar-refractivity contribution in [2.24, 2.45) is 0 Å². The van der Waals surface area contributed by atoms with Crippen molar-refractivity contribution in [1.82, 2.24) is 5.32 Å². The smallest absolute Gasteiger partial charge is 0.0640 e. The van der Waals surface area contributed by atoms with Gasteiger partial charge >= 0.3 is 0 Å². The van der Waals surface area contributed by atoms with Gasteiger partial charge in [-0.3, -0.25) is 0 Å². The first-order valence-electron chi connectivity index (χ1n) is 7.26. The Morgan fingerprint density at radius 2 is 1.95 bits per heavy atom. The number of aryl methyl sites for hydroxylation is 1. The van der Waals surface area contributed by atoms with Crippen molar-refractivity contribution in [3.63, 3.8) is 0 Å². The van der Waals surface area contributed by atoms with Gasteiger partial charge in [-0.15, -0.1) is 0 Å². The van der Waals surface area contributed by atoms with E-state index in [1.807, 2.05) is 0 Å². The summed E-state index contributed by atoms with van der Waals surface area (Å²) < 4.78 is 5.60. The molecule has 1 rings (SSSR count). The minimum atomic E-state index is -0.110. The van der Waals surface area contributed by atoms with Gasteiger partial charge in [0.15, 0.2) is 0 Å².